The molecule has 1 heterocycles. The van der Waals surface area contributed by atoms with Crippen LogP contribution >= 0.6 is 0 Å². The number of halogens is 1. The maximum Gasteiger partial charge on any atom is 0.233 e. The number of nitrogens with zero attached hydrogens (tertiary/aromatic N) is 2. The third-order valence-corrected chi connectivity index (χ3v) is 2.49. The van der Waals surface area contributed by atoms with Crippen LogP contribution in [0.3, 0.4) is 0 Å². The van der Waals surface area contributed by atoms with Crippen LogP contribution < -0.4 is 4.74 Å². The summed E-state index contributed by atoms with van der Waals surface area (Å²) in [6.45, 7) is 1.51. The fourth-order valence-corrected chi connectivity index (χ4v) is 1.44. The zero-order chi connectivity index (χ0) is 12.4. The molecular formula is C12H11FN2O2. The van der Waals surface area contributed by atoms with E-state index in [1.807, 2.05) is 0 Å². The lowest BCUT2D eigenvalue weighted by Crippen LogP contribution is -1.92. The summed E-state index contributed by atoms with van der Waals surface area (Å²) >= 11 is 0. The average molecular weight is 234 g/mol. The lowest BCUT2D eigenvalue weighted by molar-refractivity contribution is 0.392. The van der Waals surface area contributed by atoms with Gasteiger partial charge in [0.05, 0.1) is 13.3 Å². The molecule has 0 fully saturated rings. The number of phenols is 1. The van der Waals surface area contributed by atoms with Gasteiger partial charge in [-0.25, -0.2) is 4.39 Å². The van der Waals surface area contributed by atoms with Crippen LogP contribution in [0.15, 0.2) is 24.4 Å². The number of methoxy groups -OCH3 is 1. The summed E-state index contributed by atoms with van der Waals surface area (Å²) in [5, 5.41) is 17.0. The summed E-state index contributed by atoms with van der Waals surface area (Å²) in [6.07, 6.45) is 1.48. The smallest absolute Gasteiger partial charge is 0.233 e. The second kappa shape index (κ2) is 4.37. The van der Waals surface area contributed by atoms with Crippen molar-refractivity contribution in [1.29, 1.82) is 0 Å². The number of hydrogen-bond acceptors (Lipinski definition) is 4. The van der Waals surface area contributed by atoms with Gasteiger partial charge in [0.1, 0.15) is 11.6 Å². The molecule has 0 saturated carbocycles. The van der Waals surface area contributed by atoms with E-state index in [0.29, 0.717) is 17.0 Å². The predicted molar refractivity (Wildman–Crippen MR) is 60.4 cm³/mol. The average Bonchev–Trinajstić information content (AvgIpc) is 2.35. The molecule has 2 rings (SSSR count). The summed E-state index contributed by atoms with van der Waals surface area (Å²) in [5.41, 5.74) is 1.38. The zero-order valence-electron chi connectivity index (χ0n) is 9.44. The Morgan fingerprint density at radius 1 is 1.24 bits per heavy atom. The third kappa shape index (κ3) is 2.18. The highest BCUT2D eigenvalue weighted by Crippen LogP contribution is 2.28. The first kappa shape index (κ1) is 11.3. The predicted octanol–water partition coefficient (Wildman–Crippen LogP) is 2.31. The molecule has 0 amide bonds. The Morgan fingerprint density at radius 2 is 2.00 bits per heavy atom. The quantitative estimate of drug-likeness (QED) is 0.866. The van der Waals surface area contributed by atoms with Crippen molar-refractivity contribution >= 4 is 0 Å². The summed E-state index contributed by atoms with van der Waals surface area (Å²) in [4.78, 5) is 0. The Kier molecular flexibility index (Phi) is 2.91. The third-order valence-electron chi connectivity index (χ3n) is 2.49. The number of phenolic OH excluding ortho intramolecular Hbond substituents is 1. The Morgan fingerprint density at radius 3 is 2.65 bits per heavy atom. The molecule has 5 heteroatoms. The van der Waals surface area contributed by atoms with E-state index in [4.69, 9.17) is 4.74 Å². The van der Waals surface area contributed by atoms with Gasteiger partial charge in [0.15, 0.2) is 0 Å². The van der Waals surface area contributed by atoms with E-state index < -0.39 is 5.82 Å². The normalized spacial score (nSPS) is 10.3. The van der Waals surface area contributed by atoms with Crippen LogP contribution in [0, 0.1) is 12.7 Å². The Hall–Kier alpha value is -2.17. The molecule has 2 aromatic rings. The Balaban J connectivity index is 2.52. The second-order valence-electron chi connectivity index (χ2n) is 3.59. The molecule has 0 radical (unpaired) electrons. The Bertz CT molecular complexity index is 535. The fraction of sp³-hybridized carbons (Fsp3) is 0.167. The molecule has 0 aliphatic heterocycles. The van der Waals surface area contributed by atoms with Crippen LogP contribution in [0.4, 0.5) is 4.39 Å². The number of aromatic hydroxyl groups is 1. The summed E-state index contributed by atoms with van der Waals surface area (Å²) in [7, 11) is 1.47. The maximum absolute atomic E-state index is 13.5. The van der Waals surface area contributed by atoms with Crippen molar-refractivity contribution in [1.82, 2.24) is 10.2 Å². The van der Waals surface area contributed by atoms with Gasteiger partial charge in [0.25, 0.3) is 0 Å². The van der Waals surface area contributed by atoms with Crippen LogP contribution in [-0.2, 0) is 0 Å². The van der Waals surface area contributed by atoms with E-state index in [2.05, 4.69) is 10.2 Å². The van der Waals surface area contributed by atoms with Crippen molar-refractivity contribution in [2.75, 3.05) is 7.11 Å². The largest absolute Gasteiger partial charge is 0.508 e. The zero-order valence-corrected chi connectivity index (χ0v) is 9.44. The van der Waals surface area contributed by atoms with Crippen LogP contribution in [0.2, 0.25) is 0 Å². The molecule has 0 unspecified atom stereocenters. The summed E-state index contributed by atoms with van der Waals surface area (Å²) < 4.78 is 18.4. The van der Waals surface area contributed by atoms with E-state index in [-0.39, 0.29) is 11.3 Å². The SMILES string of the molecule is COc1cc(-c2cc(O)c(C)c(F)c2)cnn1. The first-order valence-corrected chi connectivity index (χ1v) is 4.98. The van der Waals surface area contributed by atoms with Crippen molar-refractivity contribution in [3.05, 3.63) is 35.8 Å². The van der Waals surface area contributed by atoms with Gasteiger partial charge in [-0.1, -0.05) is 0 Å². The van der Waals surface area contributed by atoms with Crippen molar-refractivity contribution in [3.8, 4) is 22.8 Å². The number of rotatable bonds is 2. The Labute approximate surface area is 97.7 Å². The first-order chi connectivity index (χ1) is 8.11. The maximum atomic E-state index is 13.5. The lowest BCUT2D eigenvalue weighted by atomic mass is 10.1. The molecule has 0 atom stereocenters. The van der Waals surface area contributed by atoms with Crippen LogP contribution in [0.5, 0.6) is 11.6 Å². The number of hydrogen-bond donors (Lipinski definition) is 1. The monoisotopic (exact) mass is 234 g/mol. The minimum absolute atomic E-state index is 0.0872. The highest BCUT2D eigenvalue weighted by Gasteiger charge is 2.08. The highest BCUT2D eigenvalue weighted by atomic mass is 19.1. The van der Waals surface area contributed by atoms with Gasteiger partial charge in [-0.15, -0.1) is 5.10 Å². The van der Waals surface area contributed by atoms with Crippen LogP contribution in [0.25, 0.3) is 11.1 Å². The first-order valence-electron chi connectivity index (χ1n) is 4.98. The topological polar surface area (TPSA) is 55.2 Å². The number of aromatic nitrogens is 2. The number of benzene rings is 1. The second-order valence-corrected chi connectivity index (χ2v) is 3.59. The molecule has 88 valence electrons. The molecule has 4 nitrogen and oxygen atoms in total. The van der Waals surface area contributed by atoms with Gasteiger partial charge in [-0.2, -0.15) is 5.10 Å². The molecule has 1 N–H and O–H groups in total. The minimum atomic E-state index is -0.462. The molecular weight excluding hydrogens is 223 g/mol. The fourth-order valence-electron chi connectivity index (χ4n) is 1.44. The minimum Gasteiger partial charge on any atom is -0.508 e. The van der Waals surface area contributed by atoms with Gasteiger partial charge in [0, 0.05) is 17.2 Å². The van der Waals surface area contributed by atoms with Gasteiger partial charge in [0.2, 0.25) is 5.88 Å². The van der Waals surface area contributed by atoms with Gasteiger partial charge in [-0.3, -0.25) is 0 Å². The lowest BCUT2D eigenvalue weighted by Gasteiger charge is -2.06. The van der Waals surface area contributed by atoms with Crippen molar-refractivity contribution in [2.45, 2.75) is 6.92 Å². The van der Waals surface area contributed by atoms with E-state index >= 15 is 0 Å². The molecule has 1 aromatic heterocycles. The molecule has 0 aliphatic rings. The molecule has 0 saturated heterocycles. The van der Waals surface area contributed by atoms with Crippen molar-refractivity contribution < 1.29 is 14.2 Å². The highest BCUT2D eigenvalue weighted by molar-refractivity contribution is 5.66. The van der Waals surface area contributed by atoms with E-state index in [9.17, 15) is 9.50 Å². The molecule has 1 aromatic carbocycles. The summed E-state index contributed by atoms with van der Waals surface area (Å²) in [5.74, 6) is -0.213. The summed E-state index contributed by atoms with van der Waals surface area (Å²) in [6, 6.07) is 4.44. The van der Waals surface area contributed by atoms with E-state index in [0.717, 1.165) is 0 Å². The van der Waals surface area contributed by atoms with E-state index in [1.165, 1.54) is 32.4 Å². The molecule has 17 heavy (non-hydrogen) atoms. The number of ether oxygens (including phenoxy) is 1. The van der Waals surface area contributed by atoms with Gasteiger partial charge < -0.3 is 9.84 Å². The van der Waals surface area contributed by atoms with Gasteiger partial charge >= 0.3 is 0 Å². The standard InChI is InChI=1S/C12H11FN2O2/c1-7-10(13)3-8(4-11(7)16)9-5-12(17-2)15-14-6-9/h3-6,16H,1-2H3. The van der Waals surface area contributed by atoms with Crippen LogP contribution in [0.1, 0.15) is 5.56 Å². The molecule has 0 bridgehead atoms. The van der Waals surface area contributed by atoms with E-state index in [1.54, 1.807) is 6.07 Å². The van der Waals surface area contributed by atoms with Crippen LogP contribution in [-0.4, -0.2) is 22.4 Å². The van der Waals surface area contributed by atoms with Crippen molar-refractivity contribution in [3.63, 3.8) is 0 Å². The van der Waals surface area contributed by atoms with Gasteiger partial charge in [-0.05, 0) is 24.6 Å². The molecule has 0 spiro atoms. The van der Waals surface area contributed by atoms with Crippen molar-refractivity contribution in [2.24, 2.45) is 0 Å². The molecule has 0 aliphatic carbocycles.